The predicted molar refractivity (Wildman–Crippen MR) is 54.9 cm³/mol. The SMILES string of the molecule is N=NN(C(=N)C(F)(F)F)c1ccc(O)c(C=O)c1. The lowest BCUT2D eigenvalue weighted by molar-refractivity contribution is -0.0610. The van der Waals surface area contributed by atoms with Crippen LogP contribution in [-0.4, -0.2) is 23.4 Å². The maximum Gasteiger partial charge on any atom is 0.451 e. The fourth-order valence-corrected chi connectivity index (χ4v) is 1.12. The summed E-state index contributed by atoms with van der Waals surface area (Å²) in [5.74, 6) is -2.29. The van der Waals surface area contributed by atoms with Gasteiger partial charge in [-0.1, -0.05) is 5.22 Å². The second-order valence-electron chi connectivity index (χ2n) is 3.12. The second-order valence-corrected chi connectivity index (χ2v) is 3.12. The maximum absolute atomic E-state index is 12.3. The van der Waals surface area contributed by atoms with Crippen molar-refractivity contribution < 1.29 is 23.1 Å². The van der Waals surface area contributed by atoms with E-state index in [-0.39, 0.29) is 22.5 Å². The van der Waals surface area contributed by atoms with E-state index in [2.05, 4.69) is 5.22 Å². The quantitative estimate of drug-likeness (QED) is 0.256. The van der Waals surface area contributed by atoms with Gasteiger partial charge >= 0.3 is 6.18 Å². The molecule has 6 nitrogen and oxygen atoms in total. The summed E-state index contributed by atoms with van der Waals surface area (Å²) in [6.07, 6.45) is -4.75. The molecule has 3 N–H and O–H groups in total. The molecule has 96 valence electrons. The van der Waals surface area contributed by atoms with Gasteiger partial charge in [0.25, 0.3) is 0 Å². The molecule has 1 aromatic carbocycles. The number of phenols is 1. The molecule has 0 saturated carbocycles. The average Bonchev–Trinajstić information content (AvgIpc) is 2.30. The van der Waals surface area contributed by atoms with Crippen LogP contribution in [0.1, 0.15) is 10.4 Å². The van der Waals surface area contributed by atoms with E-state index < -0.39 is 17.8 Å². The van der Waals surface area contributed by atoms with Gasteiger partial charge in [0, 0.05) is 0 Å². The zero-order valence-electron chi connectivity index (χ0n) is 8.69. The Bertz CT molecular complexity index is 501. The van der Waals surface area contributed by atoms with Crippen LogP contribution in [0.15, 0.2) is 23.4 Å². The van der Waals surface area contributed by atoms with Crippen molar-refractivity contribution in [3.05, 3.63) is 23.8 Å². The topological polar surface area (TPSA) is 101 Å². The minimum absolute atomic E-state index is 0.00750. The number of aldehydes is 1. The maximum atomic E-state index is 12.3. The molecule has 0 saturated heterocycles. The number of carbonyl (C=O) groups is 1. The number of phenolic OH excluding ortho intramolecular Hbond substituents is 1. The van der Waals surface area contributed by atoms with Gasteiger partial charge in [-0.15, -0.1) is 0 Å². The van der Waals surface area contributed by atoms with E-state index in [9.17, 15) is 23.1 Å². The first-order valence-corrected chi connectivity index (χ1v) is 4.42. The zero-order chi connectivity index (χ0) is 13.9. The Hall–Kier alpha value is -2.45. The van der Waals surface area contributed by atoms with Gasteiger partial charge in [-0.3, -0.25) is 10.2 Å². The molecule has 0 fully saturated rings. The Balaban J connectivity index is 3.22. The monoisotopic (exact) mass is 260 g/mol. The smallest absolute Gasteiger partial charge is 0.451 e. The molecule has 0 unspecified atom stereocenters. The molecule has 18 heavy (non-hydrogen) atoms. The van der Waals surface area contributed by atoms with Crippen molar-refractivity contribution in [1.82, 2.24) is 0 Å². The van der Waals surface area contributed by atoms with E-state index in [1.165, 1.54) is 0 Å². The summed E-state index contributed by atoms with van der Waals surface area (Å²) >= 11 is 0. The molecule has 1 rings (SSSR count). The highest BCUT2D eigenvalue weighted by atomic mass is 19.4. The molecule has 1 aromatic rings. The van der Waals surface area contributed by atoms with Gasteiger partial charge in [0.1, 0.15) is 5.75 Å². The molecule has 0 amide bonds. The van der Waals surface area contributed by atoms with E-state index in [0.717, 1.165) is 18.2 Å². The summed E-state index contributed by atoms with van der Waals surface area (Å²) in [6, 6.07) is 2.86. The van der Waals surface area contributed by atoms with Crippen molar-refractivity contribution >= 4 is 17.8 Å². The summed E-state index contributed by atoms with van der Waals surface area (Å²) < 4.78 is 36.9. The van der Waals surface area contributed by atoms with Gasteiger partial charge in [0.2, 0.25) is 5.84 Å². The first kappa shape index (κ1) is 13.6. The number of halogens is 3. The first-order chi connectivity index (χ1) is 8.31. The zero-order valence-corrected chi connectivity index (χ0v) is 8.69. The molecular weight excluding hydrogens is 253 g/mol. The Kier molecular flexibility index (Phi) is 3.64. The van der Waals surface area contributed by atoms with Crippen molar-refractivity contribution in [2.75, 3.05) is 5.01 Å². The number of amidine groups is 1. The van der Waals surface area contributed by atoms with Crippen molar-refractivity contribution in [3.63, 3.8) is 0 Å². The largest absolute Gasteiger partial charge is 0.507 e. The van der Waals surface area contributed by atoms with E-state index in [1.54, 1.807) is 0 Å². The number of alkyl halides is 3. The molecule has 0 bridgehead atoms. The Morgan fingerprint density at radius 2 is 2.06 bits per heavy atom. The standard InChI is InChI=1S/C9H7F3N4O2/c10-9(11,12)8(13)16(15-14)6-1-2-7(18)5(3-6)4-17/h1-4,13-14,18H. The summed E-state index contributed by atoms with van der Waals surface area (Å²) in [5.41, 5.74) is 6.05. The fourth-order valence-electron chi connectivity index (χ4n) is 1.12. The average molecular weight is 260 g/mol. The van der Waals surface area contributed by atoms with Crippen LogP contribution in [0.4, 0.5) is 18.9 Å². The van der Waals surface area contributed by atoms with E-state index in [1.807, 2.05) is 0 Å². The van der Waals surface area contributed by atoms with Crippen LogP contribution in [0, 0.1) is 10.9 Å². The number of aromatic hydroxyl groups is 1. The van der Waals surface area contributed by atoms with Gasteiger partial charge in [-0.05, 0) is 18.2 Å². The number of benzene rings is 1. The Labute approximate surface area is 98.6 Å². The number of carbonyl (C=O) groups excluding carboxylic acids is 1. The van der Waals surface area contributed by atoms with Crippen LogP contribution in [0.25, 0.3) is 0 Å². The molecule has 0 spiro atoms. The number of rotatable bonds is 3. The van der Waals surface area contributed by atoms with Crippen molar-refractivity contribution in [1.29, 1.82) is 10.9 Å². The lowest BCUT2D eigenvalue weighted by atomic mass is 10.2. The minimum Gasteiger partial charge on any atom is -0.507 e. The molecule has 0 atom stereocenters. The summed E-state index contributed by atoms with van der Waals surface area (Å²) in [6.45, 7) is 0. The van der Waals surface area contributed by atoms with Crippen LogP contribution in [-0.2, 0) is 0 Å². The number of hydrogen-bond donors (Lipinski definition) is 3. The molecule has 0 aromatic heterocycles. The third-order valence-corrected chi connectivity index (χ3v) is 1.96. The number of hydrogen-bond acceptors (Lipinski definition) is 5. The van der Waals surface area contributed by atoms with E-state index >= 15 is 0 Å². The normalized spacial score (nSPS) is 10.8. The third-order valence-electron chi connectivity index (χ3n) is 1.96. The van der Waals surface area contributed by atoms with E-state index in [0.29, 0.717) is 0 Å². The highest BCUT2D eigenvalue weighted by Crippen LogP contribution is 2.27. The number of nitrogens with zero attached hydrogens (tertiary/aromatic N) is 2. The van der Waals surface area contributed by atoms with Crippen molar-refractivity contribution in [2.45, 2.75) is 6.18 Å². The third kappa shape index (κ3) is 2.62. The van der Waals surface area contributed by atoms with Gasteiger partial charge in [0.05, 0.1) is 11.3 Å². The molecular formula is C9H7F3N4O2. The highest BCUT2D eigenvalue weighted by molar-refractivity contribution is 5.99. The first-order valence-electron chi connectivity index (χ1n) is 4.42. The van der Waals surface area contributed by atoms with Gasteiger partial charge in [-0.25, -0.2) is 0 Å². The minimum atomic E-state index is -4.98. The Morgan fingerprint density at radius 3 is 2.50 bits per heavy atom. The summed E-state index contributed by atoms with van der Waals surface area (Å²) in [7, 11) is 0. The van der Waals surface area contributed by atoms with Crippen LogP contribution in [0.2, 0.25) is 0 Å². The summed E-state index contributed by atoms with van der Waals surface area (Å²) in [5, 5.41) is 18.6. The van der Waals surface area contributed by atoms with Crippen LogP contribution < -0.4 is 5.01 Å². The predicted octanol–water partition coefficient (Wildman–Crippen LogP) is 2.50. The van der Waals surface area contributed by atoms with Gasteiger partial charge in [-0.2, -0.15) is 23.7 Å². The van der Waals surface area contributed by atoms with Gasteiger partial charge in [0.15, 0.2) is 6.29 Å². The molecule has 0 aliphatic heterocycles. The molecule has 0 aliphatic rings. The highest BCUT2D eigenvalue weighted by Gasteiger charge is 2.39. The second kappa shape index (κ2) is 4.82. The number of anilines is 1. The van der Waals surface area contributed by atoms with Crippen LogP contribution in [0.5, 0.6) is 5.75 Å². The van der Waals surface area contributed by atoms with Crippen LogP contribution in [0.3, 0.4) is 0 Å². The van der Waals surface area contributed by atoms with E-state index in [4.69, 9.17) is 10.9 Å². The molecule has 0 aliphatic carbocycles. The molecule has 0 radical (unpaired) electrons. The Morgan fingerprint density at radius 1 is 1.44 bits per heavy atom. The lowest BCUT2D eigenvalue weighted by Crippen LogP contribution is -2.36. The van der Waals surface area contributed by atoms with Crippen molar-refractivity contribution in [3.8, 4) is 5.75 Å². The van der Waals surface area contributed by atoms with Crippen LogP contribution >= 0.6 is 0 Å². The molecule has 0 heterocycles. The molecule has 9 heteroatoms. The van der Waals surface area contributed by atoms with Gasteiger partial charge < -0.3 is 5.11 Å². The fraction of sp³-hybridized carbons (Fsp3) is 0.111. The van der Waals surface area contributed by atoms with Crippen molar-refractivity contribution in [2.24, 2.45) is 5.22 Å². The number of nitrogens with one attached hydrogen (secondary N) is 2. The summed E-state index contributed by atoms with van der Waals surface area (Å²) in [4.78, 5) is 10.5. The lowest BCUT2D eigenvalue weighted by Gasteiger charge is -2.19.